The zero-order valence-corrected chi connectivity index (χ0v) is 16.1. The molecule has 16 heavy (non-hydrogen) atoms. The Morgan fingerprint density at radius 3 is 0.312 bits per heavy atom. The van der Waals surface area contributed by atoms with Gasteiger partial charge in [-0.3, -0.25) is 0 Å². The maximum Gasteiger partial charge on any atom is 0.0967 e. The van der Waals surface area contributed by atoms with Crippen LogP contribution in [-0.2, 0) is 0 Å². The fourth-order valence-electron chi connectivity index (χ4n) is 0. The normalized spacial score (nSPS) is 5.62. The van der Waals surface area contributed by atoms with E-state index in [2.05, 4.69) is 0 Å². The second kappa shape index (κ2) is 80.1. The lowest BCUT2D eigenvalue weighted by Crippen LogP contribution is -1.24. The topological polar surface area (TPSA) is 0 Å². The number of hydrogen-bond donors (Lipinski definition) is 0. The van der Waals surface area contributed by atoms with E-state index in [1.807, 2.05) is 0 Å². The molecule has 0 unspecified atom stereocenters. The molecule has 0 aromatic heterocycles. The third-order valence-electron chi connectivity index (χ3n) is 0. The molecule has 0 aromatic carbocycles. The van der Waals surface area contributed by atoms with Crippen LogP contribution in [0.15, 0.2) is 0 Å². The van der Waals surface area contributed by atoms with Crippen molar-refractivity contribution in [3.8, 4) is 0 Å². The molecule has 0 aliphatic heterocycles. The molecule has 0 saturated heterocycles. The van der Waals surface area contributed by atoms with E-state index in [9.17, 15) is 0 Å². The van der Waals surface area contributed by atoms with Crippen LogP contribution in [0.25, 0.3) is 0 Å². The monoisotopic (exact) mass is 456 g/mol. The van der Waals surface area contributed by atoms with Crippen LogP contribution in [0.5, 0.6) is 0 Å². The highest BCUT2D eigenvalue weighted by molar-refractivity contribution is 6.41. The first-order chi connectivity index (χ1) is 7.07. The van der Waals surface area contributed by atoms with Gasteiger partial charge in [-0.2, -0.15) is 0 Å². The van der Waals surface area contributed by atoms with Crippen molar-refractivity contribution in [3.05, 3.63) is 0 Å². The predicted octanol–water partition coefficient (Wildman–Crippen LogP) is 7.53. The van der Waals surface area contributed by atoms with Gasteiger partial charge < -0.3 is 0 Å². The van der Waals surface area contributed by atoms with Crippen LogP contribution in [-0.4, -0.2) is 26.7 Å². The predicted molar refractivity (Wildman–Crippen MR) is 90.1 cm³/mol. The van der Waals surface area contributed by atoms with Crippen LogP contribution in [0, 0.1) is 0 Å². The summed E-state index contributed by atoms with van der Waals surface area (Å²) in [6.45, 7) is 0. The van der Waals surface area contributed by atoms with Gasteiger partial charge in [0.15, 0.2) is 0 Å². The summed E-state index contributed by atoms with van der Waals surface area (Å²) in [5.74, 6) is 0. The molecule has 0 nitrogen and oxygen atoms in total. The van der Waals surface area contributed by atoms with Crippen LogP contribution < -0.4 is 0 Å². The van der Waals surface area contributed by atoms with Crippen molar-refractivity contribution in [1.82, 2.24) is 0 Å². The molecule has 0 atom stereocenters. The Kier molecular flexibility index (Phi) is 183. The summed E-state index contributed by atoms with van der Waals surface area (Å²) < 4.78 is 0. The van der Waals surface area contributed by atoms with E-state index in [0.29, 0.717) is 0 Å². The van der Waals surface area contributed by atoms with Crippen molar-refractivity contribution >= 4 is 128 Å². The number of hydrogen-bond acceptors (Lipinski definition) is 0. The Labute approximate surface area is 153 Å². The Morgan fingerprint density at radius 2 is 0.312 bits per heavy atom. The Morgan fingerprint density at radius 1 is 0.312 bits per heavy atom. The lowest BCUT2D eigenvalue weighted by Gasteiger charge is -1.42. The molecular weight excluding hydrogens is 450 g/mol. The summed E-state index contributed by atoms with van der Waals surface area (Å²) >= 11 is 47.6. The fourth-order valence-corrected chi connectivity index (χ4v) is 0. The van der Waals surface area contributed by atoms with E-state index < -0.39 is 0 Å². The first kappa shape index (κ1) is 36.5. The highest BCUT2D eigenvalue weighted by Gasteiger charge is 1.42. The molecular formula is C5H11Cl11. The van der Waals surface area contributed by atoms with Crippen LogP contribution in [0.1, 0.15) is 0 Å². The van der Waals surface area contributed by atoms with Crippen molar-refractivity contribution in [2.24, 2.45) is 0 Å². The highest BCUT2D eigenvalue weighted by atomic mass is 35.5. The molecule has 0 rings (SSSR count). The molecule has 108 valence electrons. The van der Waals surface area contributed by atoms with Crippen molar-refractivity contribution in [2.75, 3.05) is 26.7 Å². The fraction of sp³-hybridized carbons (Fsp3) is 1.00. The van der Waals surface area contributed by atoms with Gasteiger partial charge in [-0.25, -0.2) is 0 Å². The Hall–Kier alpha value is 3.19. The van der Waals surface area contributed by atoms with Gasteiger partial charge in [0.05, 0.1) is 26.7 Å². The lowest BCUT2D eigenvalue weighted by molar-refractivity contribution is 2.20. The van der Waals surface area contributed by atoms with Crippen LogP contribution >= 0.6 is 128 Å². The van der Waals surface area contributed by atoms with E-state index in [-0.39, 0.29) is 39.1 Å². The molecule has 0 heterocycles. The minimum Gasteiger partial charge on any atom is -0.147 e. The van der Waals surface area contributed by atoms with Gasteiger partial charge >= 0.3 is 0 Å². The molecule has 0 aliphatic rings. The molecule has 0 saturated carbocycles. The van der Waals surface area contributed by atoms with E-state index in [0.717, 1.165) is 0 Å². The van der Waals surface area contributed by atoms with E-state index in [1.54, 1.807) is 0 Å². The third-order valence-corrected chi connectivity index (χ3v) is 0. The molecule has 11 heteroatoms. The summed E-state index contributed by atoms with van der Waals surface area (Å²) in [5.41, 5.74) is 0. The van der Waals surface area contributed by atoms with Crippen molar-refractivity contribution in [1.29, 1.82) is 0 Å². The van der Waals surface area contributed by atoms with Gasteiger partial charge in [-0.15, -0.1) is 128 Å². The third kappa shape index (κ3) is 443. The van der Waals surface area contributed by atoms with E-state index in [4.69, 9.17) is 116 Å². The smallest absolute Gasteiger partial charge is 0.0967 e. The van der Waals surface area contributed by atoms with Crippen molar-refractivity contribution in [3.63, 3.8) is 0 Å². The first-order valence-corrected chi connectivity index (χ1v) is 8.02. The first-order valence-electron chi connectivity index (χ1n) is 2.67. The molecule has 0 aromatic rings. The highest BCUT2D eigenvalue weighted by Crippen LogP contribution is 1.74. The summed E-state index contributed by atoms with van der Waals surface area (Å²) in [5, 5.41) is 0.972. The zero-order chi connectivity index (χ0) is 13.5. The van der Waals surface area contributed by atoms with E-state index >= 15 is 0 Å². The molecule has 0 aliphatic carbocycles. The van der Waals surface area contributed by atoms with Gasteiger partial charge in [0, 0.05) is 0 Å². The molecule has 0 amide bonds. The quantitative estimate of drug-likeness (QED) is 0.327. The minimum absolute atomic E-state index is 0. The number of rotatable bonds is 0. The molecule has 0 spiro atoms. The molecule has 0 N–H and O–H groups in total. The number of halogens is 11. The molecule has 0 fully saturated rings. The van der Waals surface area contributed by atoms with Gasteiger partial charge in [0.1, 0.15) is 0 Å². The lowest BCUT2D eigenvalue weighted by atomic mass is 11.9. The van der Waals surface area contributed by atoms with Crippen molar-refractivity contribution in [2.45, 2.75) is 0 Å². The van der Waals surface area contributed by atoms with Gasteiger partial charge in [-0.05, 0) is 0 Å². The van der Waals surface area contributed by atoms with Crippen LogP contribution in [0.4, 0.5) is 0 Å². The Balaban J connectivity index is -0.0000000192. The average molecular weight is 461 g/mol. The van der Waals surface area contributed by atoms with E-state index in [1.165, 1.54) is 0 Å². The van der Waals surface area contributed by atoms with Crippen LogP contribution in [0.2, 0.25) is 0 Å². The minimum atomic E-state index is 0. The maximum atomic E-state index is 4.76. The van der Waals surface area contributed by atoms with Gasteiger partial charge in [0.25, 0.3) is 0 Å². The SMILES string of the molecule is Cl.ClCCl.ClCCl.ClCCl.ClCCl.ClCCl. The Bertz CT molecular complexity index is 25.9. The van der Waals surface area contributed by atoms with Crippen molar-refractivity contribution < 1.29 is 0 Å². The summed E-state index contributed by atoms with van der Waals surface area (Å²) in [6, 6.07) is 0. The summed E-state index contributed by atoms with van der Waals surface area (Å²) in [6.07, 6.45) is 0. The van der Waals surface area contributed by atoms with Crippen LogP contribution in [0.3, 0.4) is 0 Å². The molecule has 0 radical (unpaired) electrons. The standard InChI is InChI=1S/5CH2Cl2.ClH/c5*2-1-3;/h5*1H2;1H. The largest absolute Gasteiger partial charge is 0.147 e. The zero-order valence-electron chi connectivity index (χ0n) is 7.72. The maximum absolute atomic E-state index is 4.76. The summed E-state index contributed by atoms with van der Waals surface area (Å²) in [4.78, 5) is 0. The number of alkyl halides is 10. The van der Waals surface area contributed by atoms with Gasteiger partial charge in [-0.1, -0.05) is 0 Å². The second-order valence-electron chi connectivity index (χ2n) is 0.505. The summed E-state index contributed by atoms with van der Waals surface area (Å²) in [7, 11) is 0. The second-order valence-corrected chi connectivity index (χ2v) is 4.55. The molecule has 0 bridgehead atoms. The van der Waals surface area contributed by atoms with Gasteiger partial charge in [0.2, 0.25) is 0 Å². The average Bonchev–Trinajstić information content (AvgIpc) is 2.09.